The van der Waals surface area contributed by atoms with E-state index in [4.69, 9.17) is 9.47 Å². The summed E-state index contributed by atoms with van der Waals surface area (Å²) in [5, 5.41) is 2.79. The third-order valence-corrected chi connectivity index (χ3v) is 6.11. The summed E-state index contributed by atoms with van der Waals surface area (Å²) in [7, 11) is -3.64. The van der Waals surface area contributed by atoms with E-state index in [1.54, 1.807) is 25.1 Å². The lowest BCUT2D eigenvalue weighted by Crippen LogP contribution is -2.41. The fourth-order valence-corrected chi connectivity index (χ4v) is 3.80. The molecule has 0 atom stereocenters. The van der Waals surface area contributed by atoms with E-state index < -0.39 is 10.0 Å². The highest BCUT2D eigenvalue weighted by atomic mass is 32.2. The summed E-state index contributed by atoms with van der Waals surface area (Å²) in [6.45, 7) is 3.63. The minimum Gasteiger partial charge on any atom is -0.454 e. The van der Waals surface area contributed by atoms with Crippen molar-refractivity contribution < 1.29 is 22.7 Å². The van der Waals surface area contributed by atoms with Gasteiger partial charge < -0.3 is 14.8 Å². The number of aryl methyl sites for hydroxylation is 1. The minimum absolute atomic E-state index is 0.0935. The number of rotatable bonds is 7. The first-order valence-corrected chi connectivity index (χ1v) is 10.2. The molecule has 0 bridgehead atoms. The highest BCUT2D eigenvalue weighted by Gasteiger charge is 2.25. The molecule has 0 aliphatic carbocycles. The van der Waals surface area contributed by atoms with E-state index in [2.05, 4.69) is 5.32 Å². The fourth-order valence-electron chi connectivity index (χ4n) is 2.74. The van der Waals surface area contributed by atoms with E-state index in [0.29, 0.717) is 23.7 Å². The van der Waals surface area contributed by atoms with E-state index in [-0.39, 0.29) is 25.0 Å². The first-order valence-electron chi connectivity index (χ1n) is 8.62. The summed E-state index contributed by atoms with van der Waals surface area (Å²) in [5.41, 5.74) is 2.41. The zero-order valence-corrected chi connectivity index (χ0v) is 16.1. The molecule has 1 N–H and O–H groups in total. The van der Waals surface area contributed by atoms with Crippen LogP contribution in [-0.2, 0) is 21.4 Å². The molecule has 1 aliphatic rings. The quantitative estimate of drug-likeness (QED) is 0.783. The van der Waals surface area contributed by atoms with Gasteiger partial charge in [-0.3, -0.25) is 9.10 Å². The molecule has 2 aromatic carbocycles. The van der Waals surface area contributed by atoms with Crippen molar-refractivity contribution in [2.24, 2.45) is 0 Å². The maximum atomic E-state index is 12.5. The monoisotopic (exact) mass is 390 g/mol. The Hall–Kier alpha value is -2.74. The zero-order chi connectivity index (χ0) is 19.4. The van der Waals surface area contributed by atoms with Crippen LogP contribution in [0.4, 0.5) is 5.69 Å². The number of hydrogen-bond acceptors (Lipinski definition) is 5. The standard InChI is InChI=1S/C19H22N2O5S/c1-3-27(23,24)21(16-8-9-17-18(10-16)26-13-25-17)12-19(22)20-11-15-7-5-4-6-14(15)2/h4-10H,3,11-13H2,1-2H3,(H,20,22). The molecule has 0 aromatic heterocycles. The van der Waals surface area contributed by atoms with Gasteiger partial charge in [0, 0.05) is 12.6 Å². The first-order chi connectivity index (χ1) is 12.9. The number of fused-ring (bicyclic) bond motifs is 1. The lowest BCUT2D eigenvalue weighted by atomic mass is 10.1. The van der Waals surface area contributed by atoms with Crippen molar-refractivity contribution in [3.63, 3.8) is 0 Å². The summed E-state index contributed by atoms with van der Waals surface area (Å²) in [4.78, 5) is 12.4. The molecule has 8 heteroatoms. The van der Waals surface area contributed by atoms with Crippen LogP contribution in [0.15, 0.2) is 42.5 Å². The molecule has 0 saturated carbocycles. The SMILES string of the molecule is CCS(=O)(=O)N(CC(=O)NCc1ccccc1C)c1ccc2c(c1)OCO2. The maximum absolute atomic E-state index is 12.5. The van der Waals surface area contributed by atoms with Gasteiger partial charge in [-0.25, -0.2) is 8.42 Å². The third-order valence-electron chi connectivity index (χ3n) is 4.37. The third kappa shape index (κ3) is 4.33. The van der Waals surface area contributed by atoms with Crippen LogP contribution in [0.5, 0.6) is 11.5 Å². The minimum atomic E-state index is -3.64. The second kappa shape index (κ2) is 7.87. The highest BCUT2D eigenvalue weighted by molar-refractivity contribution is 7.92. The van der Waals surface area contributed by atoms with E-state index in [1.807, 2.05) is 31.2 Å². The lowest BCUT2D eigenvalue weighted by Gasteiger charge is -2.23. The molecule has 27 heavy (non-hydrogen) atoms. The van der Waals surface area contributed by atoms with Crippen molar-refractivity contribution >= 4 is 21.6 Å². The van der Waals surface area contributed by atoms with Crippen molar-refractivity contribution in [3.8, 4) is 11.5 Å². The predicted octanol–water partition coefficient (Wildman–Crippen LogP) is 2.20. The summed E-state index contributed by atoms with van der Waals surface area (Å²) in [5.74, 6) is 0.514. The maximum Gasteiger partial charge on any atom is 0.241 e. The molecular weight excluding hydrogens is 368 g/mol. The molecule has 7 nitrogen and oxygen atoms in total. The van der Waals surface area contributed by atoms with E-state index in [1.165, 1.54) is 0 Å². The smallest absolute Gasteiger partial charge is 0.241 e. The molecule has 0 saturated heterocycles. The number of amides is 1. The van der Waals surface area contributed by atoms with Crippen LogP contribution in [-0.4, -0.2) is 33.4 Å². The molecule has 1 amide bonds. The number of benzene rings is 2. The number of hydrogen-bond donors (Lipinski definition) is 1. The van der Waals surface area contributed by atoms with Crippen LogP contribution in [0.2, 0.25) is 0 Å². The molecule has 1 heterocycles. The van der Waals surface area contributed by atoms with Gasteiger partial charge in [0.2, 0.25) is 22.7 Å². The van der Waals surface area contributed by atoms with Crippen molar-refractivity contribution in [2.75, 3.05) is 23.4 Å². The largest absolute Gasteiger partial charge is 0.454 e. The summed E-state index contributed by atoms with van der Waals surface area (Å²) < 4.78 is 36.7. The number of carbonyl (C=O) groups is 1. The van der Waals surface area contributed by atoms with Gasteiger partial charge >= 0.3 is 0 Å². The van der Waals surface area contributed by atoms with Gasteiger partial charge in [-0.1, -0.05) is 24.3 Å². The van der Waals surface area contributed by atoms with Gasteiger partial charge in [0.1, 0.15) is 6.54 Å². The van der Waals surface area contributed by atoms with Crippen LogP contribution in [0.1, 0.15) is 18.1 Å². The highest BCUT2D eigenvalue weighted by Crippen LogP contribution is 2.36. The molecule has 1 aliphatic heterocycles. The van der Waals surface area contributed by atoms with E-state index in [0.717, 1.165) is 15.4 Å². The van der Waals surface area contributed by atoms with Crippen LogP contribution in [0, 0.1) is 6.92 Å². The van der Waals surface area contributed by atoms with Gasteiger partial charge in [0.15, 0.2) is 11.5 Å². The van der Waals surface area contributed by atoms with Crippen molar-refractivity contribution in [1.82, 2.24) is 5.32 Å². The van der Waals surface area contributed by atoms with Gasteiger partial charge in [-0.2, -0.15) is 0 Å². The van der Waals surface area contributed by atoms with E-state index >= 15 is 0 Å². The Labute approximate surface area is 158 Å². The number of carbonyl (C=O) groups excluding carboxylic acids is 1. The fraction of sp³-hybridized carbons (Fsp3) is 0.316. The first kappa shape index (κ1) is 19.0. The average molecular weight is 390 g/mol. The second-order valence-corrected chi connectivity index (χ2v) is 8.33. The predicted molar refractivity (Wildman–Crippen MR) is 102 cm³/mol. The van der Waals surface area contributed by atoms with Gasteiger partial charge in [-0.15, -0.1) is 0 Å². The van der Waals surface area contributed by atoms with Crippen LogP contribution in [0.25, 0.3) is 0 Å². The molecule has 0 spiro atoms. The molecule has 144 valence electrons. The Morgan fingerprint density at radius 2 is 1.89 bits per heavy atom. The topological polar surface area (TPSA) is 84.9 Å². The number of ether oxygens (including phenoxy) is 2. The van der Waals surface area contributed by atoms with Gasteiger partial charge in [0.25, 0.3) is 0 Å². The van der Waals surface area contributed by atoms with Crippen LogP contribution in [0.3, 0.4) is 0 Å². The summed E-state index contributed by atoms with van der Waals surface area (Å²) in [6.07, 6.45) is 0. The summed E-state index contributed by atoms with van der Waals surface area (Å²) in [6, 6.07) is 12.5. The van der Waals surface area contributed by atoms with E-state index in [9.17, 15) is 13.2 Å². The molecule has 0 unspecified atom stereocenters. The second-order valence-electron chi connectivity index (χ2n) is 6.15. The number of nitrogens with zero attached hydrogens (tertiary/aromatic N) is 1. The number of anilines is 1. The Morgan fingerprint density at radius 3 is 2.63 bits per heavy atom. The summed E-state index contributed by atoms with van der Waals surface area (Å²) >= 11 is 0. The van der Waals surface area contributed by atoms with Crippen LogP contribution < -0.4 is 19.1 Å². The van der Waals surface area contributed by atoms with Gasteiger partial charge in [-0.05, 0) is 37.1 Å². The molecule has 0 radical (unpaired) electrons. The Balaban J connectivity index is 1.76. The molecule has 2 aromatic rings. The number of sulfonamides is 1. The lowest BCUT2D eigenvalue weighted by molar-refractivity contribution is -0.119. The molecule has 0 fully saturated rings. The zero-order valence-electron chi connectivity index (χ0n) is 15.3. The van der Waals surface area contributed by atoms with Gasteiger partial charge in [0.05, 0.1) is 11.4 Å². The number of nitrogens with one attached hydrogen (secondary N) is 1. The van der Waals surface area contributed by atoms with Crippen LogP contribution >= 0.6 is 0 Å². The normalized spacial score (nSPS) is 12.7. The molecule has 3 rings (SSSR count). The Morgan fingerprint density at radius 1 is 1.15 bits per heavy atom. The Bertz CT molecular complexity index is 943. The average Bonchev–Trinajstić information content (AvgIpc) is 3.13. The van der Waals surface area contributed by atoms with Crippen molar-refractivity contribution in [1.29, 1.82) is 0 Å². The van der Waals surface area contributed by atoms with Crippen molar-refractivity contribution in [3.05, 3.63) is 53.6 Å². The molecular formula is C19H22N2O5S. The Kier molecular flexibility index (Phi) is 5.55. The van der Waals surface area contributed by atoms with Crippen molar-refractivity contribution in [2.45, 2.75) is 20.4 Å².